The van der Waals surface area contributed by atoms with Crippen LogP contribution in [0, 0.1) is 10.1 Å². The van der Waals surface area contributed by atoms with E-state index in [1.165, 1.54) is 24.3 Å². The summed E-state index contributed by atoms with van der Waals surface area (Å²) < 4.78 is 9.94. The van der Waals surface area contributed by atoms with Crippen LogP contribution in [0.2, 0.25) is 0 Å². The van der Waals surface area contributed by atoms with Gasteiger partial charge in [-0.15, -0.1) is 5.11 Å². The molecule has 0 saturated carbocycles. The predicted octanol–water partition coefficient (Wildman–Crippen LogP) is 3.64. The molecular formula is C22H25N7O6. The third-order valence-electron chi connectivity index (χ3n) is 4.18. The number of aromatic nitrogens is 2. The molecule has 2 aromatic rings. The van der Waals surface area contributed by atoms with Gasteiger partial charge in [0, 0.05) is 30.7 Å². The lowest BCUT2D eigenvalue weighted by Crippen LogP contribution is -2.16. The predicted molar refractivity (Wildman–Crippen MR) is 128 cm³/mol. The van der Waals surface area contributed by atoms with Gasteiger partial charge in [-0.05, 0) is 12.1 Å². The molecule has 184 valence electrons. The zero-order valence-electron chi connectivity index (χ0n) is 19.1. The molecule has 2 rings (SSSR count). The number of hydrogen-bond donors (Lipinski definition) is 2. The smallest absolute Gasteiger partial charge is 0.330 e. The van der Waals surface area contributed by atoms with Crippen molar-refractivity contribution in [2.75, 3.05) is 36.9 Å². The van der Waals surface area contributed by atoms with Crippen LogP contribution in [-0.4, -0.2) is 53.1 Å². The van der Waals surface area contributed by atoms with Gasteiger partial charge in [-0.25, -0.2) is 19.6 Å². The van der Waals surface area contributed by atoms with Crippen molar-refractivity contribution in [2.24, 2.45) is 10.2 Å². The molecule has 0 spiro atoms. The van der Waals surface area contributed by atoms with Crippen LogP contribution < -0.4 is 10.6 Å². The van der Waals surface area contributed by atoms with Crippen molar-refractivity contribution >= 4 is 40.6 Å². The van der Waals surface area contributed by atoms with Crippen LogP contribution in [0.5, 0.6) is 0 Å². The van der Waals surface area contributed by atoms with E-state index in [1.807, 2.05) is 6.92 Å². The Morgan fingerprint density at radius 3 is 1.94 bits per heavy atom. The quantitative estimate of drug-likeness (QED) is 0.101. The minimum absolute atomic E-state index is 0.0511. The lowest BCUT2D eigenvalue weighted by Gasteiger charge is -2.14. The van der Waals surface area contributed by atoms with Gasteiger partial charge < -0.3 is 20.1 Å². The molecule has 0 aliphatic carbocycles. The van der Waals surface area contributed by atoms with Gasteiger partial charge in [-0.3, -0.25) is 10.1 Å². The van der Waals surface area contributed by atoms with Crippen LogP contribution in [0.15, 0.2) is 59.8 Å². The number of nitrogens with zero attached hydrogens (tertiary/aromatic N) is 5. The molecule has 0 aliphatic heterocycles. The minimum atomic E-state index is -0.557. The normalized spacial score (nSPS) is 10.4. The van der Waals surface area contributed by atoms with Crippen molar-refractivity contribution in [3.05, 3.63) is 65.5 Å². The first-order valence-corrected chi connectivity index (χ1v) is 10.5. The number of benzene rings is 1. The highest BCUT2D eigenvalue weighted by molar-refractivity contribution is 5.81. The minimum Gasteiger partial charge on any atom is -0.461 e. The fourth-order valence-corrected chi connectivity index (χ4v) is 2.51. The molecule has 0 radical (unpaired) electrons. The Morgan fingerprint density at radius 2 is 1.51 bits per heavy atom. The summed E-state index contributed by atoms with van der Waals surface area (Å²) in [5.41, 5.74) is 0.532. The molecule has 1 aromatic heterocycles. The number of carbonyl (C=O) groups excluding carboxylic acids is 2. The molecule has 13 nitrogen and oxygen atoms in total. The van der Waals surface area contributed by atoms with Crippen molar-refractivity contribution in [1.29, 1.82) is 0 Å². The van der Waals surface area contributed by atoms with E-state index in [0.717, 1.165) is 12.2 Å². The van der Waals surface area contributed by atoms with E-state index in [1.54, 1.807) is 0 Å². The van der Waals surface area contributed by atoms with E-state index in [0.29, 0.717) is 29.6 Å². The Balaban J connectivity index is 2.31. The zero-order valence-corrected chi connectivity index (χ0v) is 19.1. The lowest BCUT2D eigenvalue weighted by molar-refractivity contribution is -0.384. The van der Waals surface area contributed by atoms with Crippen LogP contribution >= 0.6 is 0 Å². The second-order valence-electron chi connectivity index (χ2n) is 6.61. The fraction of sp³-hybridized carbons (Fsp3) is 0.273. The molecule has 2 N–H and O–H groups in total. The molecule has 1 heterocycles. The van der Waals surface area contributed by atoms with Gasteiger partial charge in [0.05, 0.1) is 23.7 Å². The Hall–Kier alpha value is -4.68. The molecule has 0 atom stereocenters. The van der Waals surface area contributed by atoms with E-state index in [4.69, 9.17) is 9.47 Å². The number of carbonyl (C=O) groups is 2. The number of nitro benzene ring substituents is 1. The van der Waals surface area contributed by atoms with E-state index in [9.17, 15) is 19.7 Å². The number of nitrogens with one attached hydrogen (secondary N) is 2. The summed E-state index contributed by atoms with van der Waals surface area (Å²) in [5.74, 6) is 0.0254. The third kappa shape index (κ3) is 8.64. The Labute approximate surface area is 201 Å². The van der Waals surface area contributed by atoms with Gasteiger partial charge in [0.2, 0.25) is 0 Å². The van der Waals surface area contributed by atoms with Crippen molar-refractivity contribution < 1.29 is 24.0 Å². The summed E-state index contributed by atoms with van der Waals surface area (Å²) in [6, 6.07) is 5.52. The number of nitro groups is 1. The number of aryl methyl sites for hydroxylation is 1. The topological polar surface area (TPSA) is 170 Å². The first-order chi connectivity index (χ1) is 16.9. The average Bonchev–Trinajstić information content (AvgIpc) is 2.87. The second kappa shape index (κ2) is 13.8. The highest BCUT2D eigenvalue weighted by Gasteiger charge is 2.15. The van der Waals surface area contributed by atoms with Gasteiger partial charge in [-0.2, -0.15) is 5.11 Å². The number of anilines is 2. The maximum absolute atomic E-state index is 11.3. The van der Waals surface area contributed by atoms with Crippen molar-refractivity contribution in [3.63, 3.8) is 0 Å². The number of non-ortho nitro benzene ring substituents is 1. The summed E-state index contributed by atoms with van der Waals surface area (Å²) in [6.45, 7) is 9.09. The largest absolute Gasteiger partial charge is 0.461 e. The van der Waals surface area contributed by atoms with Gasteiger partial charge in [0.25, 0.3) is 5.69 Å². The maximum atomic E-state index is 11.3. The number of azo groups is 1. The molecule has 0 fully saturated rings. The van der Waals surface area contributed by atoms with E-state index in [2.05, 4.69) is 44.0 Å². The highest BCUT2D eigenvalue weighted by atomic mass is 16.6. The molecule has 35 heavy (non-hydrogen) atoms. The van der Waals surface area contributed by atoms with Crippen LogP contribution in [0.3, 0.4) is 0 Å². The van der Waals surface area contributed by atoms with Gasteiger partial charge in [0.15, 0.2) is 17.3 Å². The van der Waals surface area contributed by atoms with Gasteiger partial charge >= 0.3 is 11.9 Å². The van der Waals surface area contributed by atoms with Crippen LogP contribution in [0.1, 0.15) is 12.7 Å². The Bertz CT molecular complexity index is 1050. The third-order valence-corrected chi connectivity index (χ3v) is 4.18. The van der Waals surface area contributed by atoms with E-state index < -0.39 is 16.9 Å². The first-order valence-electron chi connectivity index (χ1n) is 10.5. The molecule has 0 unspecified atom stereocenters. The molecule has 13 heteroatoms. The van der Waals surface area contributed by atoms with Crippen LogP contribution in [0.4, 0.5) is 28.7 Å². The van der Waals surface area contributed by atoms with Crippen LogP contribution in [-0.2, 0) is 25.5 Å². The van der Waals surface area contributed by atoms with Gasteiger partial charge in [0.1, 0.15) is 19.0 Å². The van der Waals surface area contributed by atoms with E-state index >= 15 is 0 Å². The molecule has 0 bridgehead atoms. The monoisotopic (exact) mass is 483 g/mol. The highest BCUT2D eigenvalue weighted by Crippen LogP contribution is 2.33. The molecule has 0 saturated heterocycles. The Kier molecular flexibility index (Phi) is 10.5. The lowest BCUT2D eigenvalue weighted by atomic mass is 10.3. The molecule has 0 amide bonds. The molecular weight excluding hydrogens is 458 g/mol. The number of rotatable bonds is 14. The van der Waals surface area contributed by atoms with Crippen molar-refractivity contribution in [2.45, 2.75) is 13.3 Å². The Morgan fingerprint density at radius 1 is 1.00 bits per heavy atom. The molecule has 1 aromatic carbocycles. The summed E-state index contributed by atoms with van der Waals surface area (Å²) >= 11 is 0. The standard InChI is InChI=1S/C22H25N7O6/c1-4-17-25-21(23-11-13-34-18(30)5-2)20(22(26-17)24-12-14-35-19(31)6-3)28-27-15-7-9-16(10-8-15)29(32)33/h5-10H,2-4,11-14H2,1H3,(H2,23,24,25,26). The fourth-order valence-electron chi connectivity index (χ4n) is 2.51. The van der Waals surface area contributed by atoms with Gasteiger partial charge in [-0.1, -0.05) is 20.1 Å². The number of esters is 2. The SMILES string of the molecule is C=CC(=O)OCCNc1nc(CC)nc(NCCOC(=O)C=C)c1N=Nc1ccc([N+](=O)[O-])cc1. The zero-order chi connectivity index (χ0) is 25.6. The molecule has 0 aliphatic rings. The number of hydrogen-bond acceptors (Lipinski definition) is 12. The summed E-state index contributed by atoms with van der Waals surface area (Å²) in [5, 5.41) is 25.3. The number of ether oxygens (including phenoxy) is 2. The average molecular weight is 483 g/mol. The van der Waals surface area contributed by atoms with Crippen molar-refractivity contribution in [3.8, 4) is 0 Å². The first kappa shape index (κ1) is 26.6. The van der Waals surface area contributed by atoms with Crippen molar-refractivity contribution in [1.82, 2.24) is 9.97 Å². The summed E-state index contributed by atoms with van der Waals surface area (Å²) in [7, 11) is 0. The summed E-state index contributed by atoms with van der Waals surface area (Å²) in [4.78, 5) is 41.8. The second-order valence-corrected chi connectivity index (χ2v) is 6.61. The van der Waals surface area contributed by atoms with E-state index in [-0.39, 0.29) is 37.7 Å². The summed E-state index contributed by atoms with van der Waals surface area (Å²) in [6.07, 6.45) is 2.63. The van der Waals surface area contributed by atoms with Crippen LogP contribution in [0.25, 0.3) is 0 Å². The maximum Gasteiger partial charge on any atom is 0.330 e.